The molecule has 1 aromatic carbocycles. The van der Waals surface area contributed by atoms with Crippen molar-refractivity contribution in [3.05, 3.63) is 34.9 Å². The molecule has 2 rings (SSSR count). The quantitative estimate of drug-likeness (QED) is 0.502. The summed E-state index contributed by atoms with van der Waals surface area (Å²) in [6.07, 6.45) is 0.928. The van der Waals surface area contributed by atoms with E-state index in [0.717, 1.165) is 17.5 Å². The summed E-state index contributed by atoms with van der Waals surface area (Å²) in [5, 5.41) is 0. The number of hydrogen-bond acceptors (Lipinski definition) is 2. The van der Waals surface area contributed by atoms with Gasteiger partial charge in [0.15, 0.2) is 5.48 Å². The maximum atomic E-state index is 11.3. The Morgan fingerprint density at radius 2 is 2.15 bits per heavy atom. The van der Waals surface area contributed by atoms with Crippen molar-refractivity contribution in [2.75, 3.05) is 0 Å². The number of esters is 1. The highest BCUT2D eigenvalue weighted by Crippen LogP contribution is 2.22. The fourth-order valence-electron chi connectivity index (χ4n) is 1.38. The van der Waals surface area contributed by atoms with Crippen molar-refractivity contribution in [1.29, 1.82) is 0 Å². The summed E-state index contributed by atoms with van der Waals surface area (Å²) in [5.41, 5.74) is 3.17. The highest BCUT2D eigenvalue weighted by Gasteiger charge is 2.25. The first-order valence-electron chi connectivity index (χ1n) is 4.16. The third-order valence-electron chi connectivity index (χ3n) is 2.15. The fourth-order valence-corrected chi connectivity index (χ4v) is 1.69. The van der Waals surface area contributed by atoms with Gasteiger partial charge in [-0.3, -0.25) is 0 Å². The van der Waals surface area contributed by atoms with E-state index in [-0.39, 0.29) is 5.97 Å². The molecule has 0 fully saturated rings. The zero-order valence-electron chi connectivity index (χ0n) is 7.26. The molecule has 0 radical (unpaired) electrons. The van der Waals surface area contributed by atoms with Crippen LogP contribution in [0, 0.1) is 0 Å². The predicted molar refractivity (Wildman–Crippen MR) is 53.7 cm³/mol. The van der Waals surface area contributed by atoms with Crippen LogP contribution in [0.15, 0.2) is 18.2 Å². The minimum absolute atomic E-state index is 0.268. The van der Waals surface area contributed by atoms with Crippen LogP contribution in [0.4, 0.5) is 0 Å². The Labute approximate surface area is 78.7 Å². The Morgan fingerprint density at radius 3 is 2.85 bits per heavy atom. The van der Waals surface area contributed by atoms with Crippen LogP contribution < -0.4 is 0 Å². The van der Waals surface area contributed by atoms with Gasteiger partial charge in [0, 0.05) is 5.56 Å². The van der Waals surface area contributed by atoms with Gasteiger partial charge < -0.3 is 4.74 Å². The van der Waals surface area contributed by atoms with Crippen molar-refractivity contribution in [2.24, 2.45) is 0 Å². The van der Waals surface area contributed by atoms with Crippen LogP contribution in [0.5, 0.6) is 0 Å². The number of benzene rings is 1. The van der Waals surface area contributed by atoms with Gasteiger partial charge in [-0.15, -0.1) is 0 Å². The van der Waals surface area contributed by atoms with Crippen molar-refractivity contribution < 1.29 is 9.53 Å². The molecule has 1 heterocycles. The molecule has 0 saturated heterocycles. The second-order valence-electron chi connectivity index (χ2n) is 2.95. The Kier molecular flexibility index (Phi) is 1.93. The van der Waals surface area contributed by atoms with Crippen LogP contribution >= 0.6 is 8.86 Å². The van der Waals surface area contributed by atoms with E-state index in [2.05, 4.69) is 15.8 Å². The second-order valence-corrected chi connectivity index (χ2v) is 3.41. The Hall–Kier alpha value is -1.14. The molecule has 1 aliphatic heterocycles. The summed E-state index contributed by atoms with van der Waals surface area (Å²) in [6.45, 7) is 2.06. The third kappa shape index (κ3) is 1.27. The van der Waals surface area contributed by atoms with Gasteiger partial charge in [-0.25, -0.2) is 4.79 Å². The number of fused-ring (bicyclic) bond motifs is 1. The summed E-state index contributed by atoms with van der Waals surface area (Å²) in [7, 11) is 3.25. The number of rotatable bonds is 1. The van der Waals surface area contributed by atoms with E-state index in [4.69, 9.17) is 4.74 Å². The van der Waals surface area contributed by atoms with E-state index in [9.17, 15) is 4.79 Å². The van der Waals surface area contributed by atoms with Gasteiger partial charge in [0.05, 0.1) is 5.56 Å². The molecule has 0 saturated carbocycles. The number of carbonyl (C=O) groups is 1. The van der Waals surface area contributed by atoms with Gasteiger partial charge in [-0.1, -0.05) is 21.9 Å². The molecule has 13 heavy (non-hydrogen) atoms. The molecule has 0 aliphatic carbocycles. The number of cyclic esters (lactones) is 1. The van der Waals surface area contributed by atoms with E-state index in [1.165, 1.54) is 0 Å². The lowest BCUT2D eigenvalue weighted by Crippen LogP contribution is -1.95. The molecule has 1 aromatic rings. The highest BCUT2D eigenvalue weighted by molar-refractivity contribution is 7.21. The lowest BCUT2D eigenvalue weighted by molar-refractivity contribution is 0.0741. The van der Waals surface area contributed by atoms with Crippen molar-refractivity contribution in [3.63, 3.8) is 0 Å². The number of aryl methyl sites for hydroxylation is 1. The molecule has 0 spiro atoms. The topological polar surface area (TPSA) is 26.3 Å². The lowest BCUT2D eigenvalue weighted by atomic mass is 10.0. The van der Waals surface area contributed by atoms with Gasteiger partial charge in [-0.2, -0.15) is 0 Å². The monoisotopic (exact) mass is 192 g/mol. The van der Waals surface area contributed by atoms with Gasteiger partial charge in [0.25, 0.3) is 0 Å². The van der Waals surface area contributed by atoms with Crippen LogP contribution in [0.2, 0.25) is 0 Å². The molecule has 1 aliphatic rings. The predicted octanol–water partition coefficient (Wildman–Crippen LogP) is 2.04. The van der Waals surface area contributed by atoms with Crippen molar-refractivity contribution >= 4 is 20.3 Å². The molecular formula is C10H9O2P. The van der Waals surface area contributed by atoms with E-state index in [1.807, 2.05) is 18.2 Å². The van der Waals surface area contributed by atoms with Crippen molar-refractivity contribution in [3.8, 4) is 0 Å². The summed E-state index contributed by atoms with van der Waals surface area (Å²) >= 11 is 0. The van der Waals surface area contributed by atoms with Gasteiger partial charge in [-0.05, 0) is 24.1 Å². The second kappa shape index (κ2) is 2.97. The molecule has 3 heteroatoms. The van der Waals surface area contributed by atoms with Crippen LogP contribution in [0.3, 0.4) is 0 Å². The number of carbonyl (C=O) groups excluding carboxylic acids is 1. The van der Waals surface area contributed by atoms with Gasteiger partial charge in [0.1, 0.15) is 0 Å². The van der Waals surface area contributed by atoms with Crippen LogP contribution in [-0.2, 0) is 11.2 Å². The van der Waals surface area contributed by atoms with Gasteiger partial charge in [0.2, 0.25) is 0 Å². The third-order valence-corrected chi connectivity index (χ3v) is 2.52. The summed E-state index contributed by atoms with van der Waals surface area (Å²) in [4.78, 5) is 11.3. The number of ether oxygens (including phenoxy) is 1. The first-order chi connectivity index (χ1) is 6.22. The maximum absolute atomic E-state index is 11.3. The van der Waals surface area contributed by atoms with Crippen LogP contribution in [-0.4, -0.2) is 11.4 Å². The molecule has 0 bridgehead atoms. The van der Waals surface area contributed by atoms with Crippen molar-refractivity contribution in [1.82, 2.24) is 0 Å². The Balaban J connectivity index is 2.58. The molecule has 0 aromatic heterocycles. The SMILES string of the molecule is CCc1ccc2c(c1)C(=O)OC2=P. The largest absolute Gasteiger partial charge is 0.418 e. The van der Waals surface area contributed by atoms with Crippen molar-refractivity contribution in [2.45, 2.75) is 13.3 Å². The molecule has 0 atom stereocenters. The smallest absolute Gasteiger partial charge is 0.344 e. The van der Waals surface area contributed by atoms with Crippen LogP contribution in [0.25, 0.3) is 0 Å². The minimum Gasteiger partial charge on any atom is -0.418 e. The van der Waals surface area contributed by atoms with E-state index in [0.29, 0.717) is 11.0 Å². The molecule has 0 amide bonds. The Morgan fingerprint density at radius 1 is 1.38 bits per heavy atom. The standard InChI is InChI=1S/C10H9O2P/c1-2-6-3-4-7-8(5-6)9(11)12-10(7)13/h3-5,13H,2H2,1H3. The average Bonchev–Trinajstić information content (AvgIpc) is 2.42. The Bertz CT molecular complexity index is 396. The maximum Gasteiger partial charge on any atom is 0.344 e. The zero-order chi connectivity index (χ0) is 9.42. The summed E-state index contributed by atoms with van der Waals surface area (Å²) < 4.78 is 4.92. The fraction of sp³-hybridized carbons (Fsp3) is 0.200. The van der Waals surface area contributed by atoms with E-state index < -0.39 is 0 Å². The minimum atomic E-state index is -0.268. The molecular weight excluding hydrogens is 183 g/mol. The molecule has 2 nitrogen and oxygen atoms in total. The zero-order valence-corrected chi connectivity index (χ0v) is 8.26. The van der Waals surface area contributed by atoms with E-state index >= 15 is 0 Å². The highest BCUT2D eigenvalue weighted by atomic mass is 31.0. The summed E-state index contributed by atoms with van der Waals surface area (Å²) in [6, 6.07) is 5.78. The molecule has 66 valence electrons. The summed E-state index contributed by atoms with van der Waals surface area (Å²) in [5.74, 6) is -0.268. The van der Waals surface area contributed by atoms with Gasteiger partial charge >= 0.3 is 5.97 Å². The van der Waals surface area contributed by atoms with E-state index in [1.54, 1.807) is 0 Å². The molecule has 0 N–H and O–H groups in total. The molecule has 0 unspecified atom stereocenters. The normalized spacial score (nSPS) is 14.2. The average molecular weight is 192 g/mol. The number of hydrogen-bond donors (Lipinski definition) is 0. The lowest BCUT2D eigenvalue weighted by Gasteiger charge is -1.97. The first kappa shape index (κ1) is 8.46. The van der Waals surface area contributed by atoms with Crippen LogP contribution in [0.1, 0.15) is 28.4 Å². The first-order valence-corrected chi connectivity index (χ1v) is 4.66.